The highest BCUT2D eigenvalue weighted by atomic mass is 32.2. The molecule has 6 nitrogen and oxygen atoms in total. The van der Waals surface area contributed by atoms with E-state index in [2.05, 4.69) is 5.32 Å². The van der Waals surface area contributed by atoms with Crippen LogP contribution in [0.2, 0.25) is 0 Å². The average molecular weight is 265 g/mol. The third-order valence-corrected chi connectivity index (χ3v) is 4.93. The van der Waals surface area contributed by atoms with E-state index in [4.69, 9.17) is 5.11 Å². The van der Waals surface area contributed by atoms with Gasteiger partial charge in [-0.15, -0.1) is 0 Å². The van der Waals surface area contributed by atoms with Crippen LogP contribution in [-0.2, 0) is 19.4 Å². The van der Waals surface area contributed by atoms with Gasteiger partial charge in [0.05, 0.1) is 4.75 Å². The number of amides is 1. The first-order valence-corrected chi connectivity index (χ1v) is 6.93. The van der Waals surface area contributed by atoms with Gasteiger partial charge in [0.15, 0.2) is 9.84 Å². The maximum absolute atomic E-state index is 11.6. The number of aliphatic carboxylic acids is 1. The molecule has 0 heterocycles. The number of hydrogen-bond donors (Lipinski definition) is 2. The van der Waals surface area contributed by atoms with Crippen LogP contribution in [-0.4, -0.2) is 42.9 Å². The summed E-state index contributed by atoms with van der Waals surface area (Å²) in [7, 11) is -3.33. The van der Waals surface area contributed by atoms with E-state index in [1.165, 1.54) is 27.7 Å². The number of carbonyl (C=O) groups excluding carboxylic acids is 1. The van der Waals surface area contributed by atoms with Crippen molar-refractivity contribution in [3.8, 4) is 0 Å². The molecule has 0 aromatic rings. The van der Waals surface area contributed by atoms with Crippen molar-refractivity contribution in [2.24, 2.45) is 5.41 Å². The molecule has 0 rings (SSSR count). The molecule has 7 heteroatoms. The van der Waals surface area contributed by atoms with E-state index in [1.807, 2.05) is 0 Å². The zero-order chi connectivity index (χ0) is 14.1. The Morgan fingerprint density at radius 1 is 1.18 bits per heavy atom. The summed E-state index contributed by atoms with van der Waals surface area (Å²) in [5, 5.41) is 11.2. The molecule has 0 aliphatic heterocycles. The van der Waals surface area contributed by atoms with Crippen LogP contribution in [0.25, 0.3) is 0 Å². The van der Waals surface area contributed by atoms with Gasteiger partial charge in [-0.3, -0.25) is 9.59 Å². The van der Waals surface area contributed by atoms with Crippen molar-refractivity contribution in [2.75, 3.05) is 12.8 Å². The Kier molecular flexibility index (Phi) is 4.33. The fourth-order valence-corrected chi connectivity index (χ4v) is 1.08. The van der Waals surface area contributed by atoms with E-state index in [0.717, 1.165) is 6.26 Å². The van der Waals surface area contributed by atoms with Gasteiger partial charge < -0.3 is 10.4 Å². The highest BCUT2D eigenvalue weighted by molar-refractivity contribution is 7.92. The van der Waals surface area contributed by atoms with E-state index in [-0.39, 0.29) is 6.54 Å². The second-order valence-electron chi connectivity index (χ2n) is 5.14. The maximum atomic E-state index is 11.6. The van der Waals surface area contributed by atoms with Crippen molar-refractivity contribution < 1.29 is 23.1 Å². The van der Waals surface area contributed by atoms with Crippen molar-refractivity contribution in [3.05, 3.63) is 0 Å². The van der Waals surface area contributed by atoms with Crippen molar-refractivity contribution in [3.63, 3.8) is 0 Å². The molecule has 100 valence electrons. The Morgan fingerprint density at radius 3 is 1.88 bits per heavy atom. The zero-order valence-electron chi connectivity index (χ0n) is 10.7. The van der Waals surface area contributed by atoms with Crippen molar-refractivity contribution in [1.82, 2.24) is 5.32 Å². The van der Waals surface area contributed by atoms with Crippen LogP contribution < -0.4 is 5.32 Å². The van der Waals surface area contributed by atoms with Crippen LogP contribution in [0.4, 0.5) is 0 Å². The Bertz CT molecular complexity index is 422. The highest BCUT2D eigenvalue weighted by Crippen LogP contribution is 2.17. The van der Waals surface area contributed by atoms with Crippen LogP contribution in [0.5, 0.6) is 0 Å². The molecule has 0 aromatic carbocycles. The molecule has 0 saturated heterocycles. The molecule has 0 aromatic heterocycles. The smallest absolute Gasteiger partial charge is 0.318 e. The van der Waals surface area contributed by atoms with Gasteiger partial charge in [-0.2, -0.15) is 0 Å². The second kappa shape index (κ2) is 4.64. The normalized spacial score (nSPS) is 13.2. The number of nitrogens with one attached hydrogen (secondary N) is 1. The molecule has 0 bridgehead atoms. The highest BCUT2D eigenvalue weighted by Gasteiger charge is 2.38. The summed E-state index contributed by atoms with van der Waals surface area (Å²) in [6.07, 6.45) is 1.07. The lowest BCUT2D eigenvalue weighted by Crippen LogP contribution is -2.49. The van der Waals surface area contributed by atoms with Gasteiger partial charge in [0, 0.05) is 12.8 Å². The van der Waals surface area contributed by atoms with E-state index in [9.17, 15) is 18.0 Å². The molecular formula is C10H19NO5S. The van der Waals surface area contributed by atoms with E-state index < -0.39 is 31.9 Å². The summed E-state index contributed by atoms with van der Waals surface area (Å²) in [4.78, 5) is 22.4. The summed E-state index contributed by atoms with van der Waals surface area (Å²) in [5.74, 6) is -1.96. The Balaban J connectivity index is 4.73. The first-order chi connectivity index (χ1) is 7.32. The van der Waals surface area contributed by atoms with Gasteiger partial charge in [-0.25, -0.2) is 8.42 Å². The molecule has 0 radical (unpaired) electrons. The first kappa shape index (κ1) is 15.9. The number of carbonyl (C=O) groups is 2. The number of carboxylic acids is 1. The largest absolute Gasteiger partial charge is 0.480 e. The Labute approximate surface area is 101 Å². The topological polar surface area (TPSA) is 101 Å². The van der Waals surface area contributed by atoms with Crippen molar-refractivity contribution in [1.29, 1.82) is 0 Å². The lowest BCUT2D eigenvalue weighted by atomic mass is 9.92. The first-order valence-electron chi connectivity index (χ1n) is 5.03. The fraction of sp³-hybridized carbons (Fsp3) is 0.800. The third-order valence-electron chi connectivity index (χ3n) is 2.78. The van der Waals surface area contributed by atoms with Crippen LogP contribution in [0.15, 0.2) is 0 Å². The molecule has 0 aliphatic rings. The van der Waals surface area contributed by atoms with E-state index >= 15 is 0 Å². The summed E-state index contributed by atoms with van der Waals surface area (Å²) in [5.41, 5.74) is -1.58. The molecule has 17 heavy (non-hydrogen) atoms. The number of sulfone groups is 1. The maximum Gasteiger partial charge on any atom is 0.318 e. The standard InChI is InChI=1S/C10H19NO5S/c1-9(2,17(5,15)16)6-11-7(12)10(3,4)8(13)14/h6H2,1-5H3,(H,11,12)(H,13,14). The third kappa shape index (κ3) is 3.69. The van der Waals surface area contributed by atoms with E-state index in [1.54, 1.807) is 0 Å². The second-order valence-corrected chi connectivity index (χ2v) is 7.79. The van der Waals surface area contributed by atoms with Crippen molar-refractivity contribution >= 4 is 21.7 Å². The van der Waals surface area contributed by atoms with Crippen LogP contribution in [0.1, 0.15) is 27.7 Å². The van der Waals surface area contributed by atoms with Gasteiger partial charge >= 0.3 is 5.97 Å². The molecule has 0 saturated carbocycles. The number of hydrogen-bond acceptors (Lipinski definition) is 4. The fourth-order valence-electron chi connectivity index (χ4n) is 0.742. The van der Waals surface area contributed by atoms with Gasteiger partial charge in [-0.05, 0) is 27.7 Å². The predicted octanol–water partition coefficient (Wildman–Crippen LogP) is 0.0366. The lowest BCUT2D eigenvalue weighted by molar-refractivity contribution is -0.153. The van der Waals surface area contributed by atoms with E-state index in [0.29, 0.717) is 0 Å². The molecular weight excluding hydrogens is 246 g/mol. The molecule has 1 amide bonds. The van der Waals surface area contributed by atoms with Crippen molar-refractivity contribution in [2.45, 2.75) is 32.4 Å². The minimum Gasteiger partial charge on any atom is -0.480 e. The molecule has 0 atom stereocenters. The van der Waals surface area contributed by atoms with Gasteiger partial charge in [0.25, 0.3) is 0 Å². The van der Waals surface area contributed by atoms with Crippen LogP contribution in [0, 0.1) is 5.41 Å². The number of rotatable bonds is 5. The molecule has 0 spiro atoms. The monoisotopic (exact) mass is 265 g/mol. The molecule has 2 N–H and O–H groups in total. The minimum atomic E-state index is -3.33. The summed E-state index contributed by atoms with van der Waals surface area (Å²) in [6, 6.07) is 0. The Hall–Kier alpha value is -1.11. The zero-order valence-corrected chi connectivity index (χ0v) is 11.5. The quantitative estimate of drug-likeness (QED) is 0.683. The minimum absolute atomic E-state index is 0.124. The average Bonchev–Trinajstić information content (AvgIpc) is 2.11. The lowest BCUT2D eigenvalue weighted by Gasteiger charge is -2.25. The Morgan fingerprint density at radius 2 is 1.59 bits per heavy atom. The SMILES string of the molecule is CC(C)(C(=O)O)C(=O)NCC(C)(C)S(C)(=O)=O. The van der Waals surface area contributed by atoms with Crippen LogP contribution in [0.3, 0.4) is 0 Å². The van der Waals surface area contributed by atoms with Gasteiger partial charge in [0.2, 0.25) is 5.91 Å². The molecule has 0 unspecified atom stereocenters. The summed E-state index contributed by atoms with van der Waals surface area (Å²) in [6.45, 7) is 5.34. The summed E-state index contributed by atoms with van der Waals surface area (Å²) < 4.78 is 21.6. The van der Waals surface area contributed by atoms with Gasteiger partial charge in [-0.1, -0.05) is 0 Å². The van der Waals surface area contributed by atoms with Crippen LogP contribution >= 0.6 is 0 Å². The van der Waals surface area contributed by atoms with Gasteiger partial charge in [0.1, 0.15) is 5.41 Å². The summed E-state index contributed by atoms with van der Waals surface area (Å²) >= 11 is 0. The molecule has 0 aliphatic carbocycles. The molecule has 0 fully saturated rings. The number of carboxylic acid groups (broad SMARTS) is 1. The predicted molar refractivity (Wildman–Crippen MR) is 63.3 cm³/mol.